The van der Waals surface area contributed by atoms with Crippen LogP contribution in [-0.4, -0.2) is 38.8 Å². The maximum absolute atomic E-state index is 13.0. The van der Waals surface area contributed by atoms with Gasteiger partial charge in [-0.05, 0) is 97.8 Å². The average Bonchev–Trinajstić information content (AvgIpc) is 3.04. The normalized spacial score (nSPS) is 41.5. The number of amides is 1. The van der Waals surface area contributed by atoms with Crippen molar-refractivity contribution in [2.45, 2.75) is 56.6 Å². The third kappa shape index (κ3) is 3.16. The highest BCUT2D eigenvalue weighted by atomic mass is 35.5. The SMILES string of the molecule is O=C(O)C1CC(=O)N(CCC23CC4CC5CC(C2)C5(C4)C3)/C(=N/c2ccc(Cl)cc2)S1. The van der Waals surface area contributed by atoms with Gasteiger partial charge in [-0.1, -0.05) is 23.4 Å². The number of hydrogen-bond acceptors (Lipinski definition) is 4. The summed E-state index contributed by atoms with van der Waals surface area (Å²) in [5, 5.41) is 9.87. The summed E-state index contributed by atoms with van der Waals surface area (Å²) in [5.41, 5.74) is 1.70. The van der Waals surface area contributed by atoms with Gasteiger partial charge < -0.3 is 5.11 Å². The molecule has 31 heavy (non-hydrogen) atoms. The number of amidine groups is 1. The molecule has 3 bridgehead atoms. The third-order valence-corrected chi connectivity index (χ3v) is 10.3. The van der Waals surface area contributed by atoms with Crippen molar-refractivity contribution in [3.63, 3.8) is 0 Å². The van der Waals surface area contributed by atoms with Gasteiger partial charge in [0.1, 0.15) is 5.25 Å². The van der Waals surface area contributed by atoms with Crippen molar-refractivity contribution in [3.8, 4) is 0 Å². The molecule has 1 spiro atoms. The molecule has 0 aromatic heterocycles. The number of aliphatic carboxylic acids is 1. The van der Waals surface area contributed by atoms with E-state index < -0.39 is 11.2 Å². The minimum atomic E-state index is -0.957. The Morgan fingerprint density at radius 3 is 2.77 bits per heavy atom. The fourth-order valence-electron chi connectivity index (χ4n) is 7.86. The zero-order valence-electron chi connectivity index (χ0n) is 17.4. The molecule has 5 aliphatic rings. The van der Waals surface area contributed by atoms with Crippen LogP contribution in [0.2, 0.25) is 5.02 Å². The molecule has 1 saturated heterocycles. The first kappa shape index (κ1) is 20.1. The van der Waals surface area contributed by atoms with Crippen LogP contribution in [0.25, 0.3) is 0 Å². The summed E-state index contributed by atoms with van der Waals surface area (Å²) < 4.78 is 0. The highest BCUT2D eigenvalue weighted by molar-refractivity contribution is 8.15. The molecule has 0 radical (unpaired) electrons. The first-order valence-corrected chi connectivity index (χ1v) is 12.7. The second-order valence-electron chi connectivity index (χ2n) is 10.6. The molecule has 4 aliphatic carbocycles. The van der Waals surface area contributed by atoms with Crippen LogP contribution in [0.15, 0.2) is 29.3 Å². The van der Waals surface area contributed by atoms with E-state index in [2.05, 4.69) is 4.99 Å². The molecule has 6 atom stereocenters. The van der Waals surface area contributed by atoms with Gasteiger partial charge in [-0.25, -0.2) is 4.99 Å². The topological polar surface area (TPSA) is 70.0 Å². The van der Waals surface area contributed by atoms with E-state index in [-0.39, 0.29) is 12.3 Å². The lowest BCUT2D eigenvalue weighted by Crippen LogP contribution is -2.45. The molecule has 6 unspecified atom stereocenters. The van der Waals surface area contributed by atoms with E-state index >= 15 is 0 Å². The number of benzene rings is 1. The minimum absolute atomic E-state index is 0.0316. The second kappa shape index (κ2) is 6.98. The summed E-state index contributed by atoms with van der Waals surface area (Å²) in [7, 11) is 0. The van der Waals surface area contributed by atoms with E-state index in [9.17, 15) is 14.7 Å². The van der Waals surface area contributed by atoms with Gasteiger partial charge in [-0.2, -0.15) is 0 Å². The van der Waals surface area contributed by atoms with Crippen LogP contribution in [-0.2, 0) is 9.59 Å². The quantitative estimate of drug-likeness (QED) is 0.645. The average molecular weight is 459 g/mol. The van der Waals surface area contributed by atoms with Crippen LogP contribution in [0.1, 0.15) is 51.4 Å². The Morgan fingerprint density at radius 2 is 2.00 bits per heavy atom. The number of halogens is 1. The van der Waals surface area contributed by atoms with Crippen LogP contribution in [0.5, 0.6) is 0 Å². The van der Waals surface area contributed by atoms with Gasteiger partial charge in [-0.3, -0.25) is 14.5 Å². The van der Waals surface area contributed by atoms with Crippen LogP contribution < -0.4 is 0 Å². The molecular weight excluding hydrogens is 432 g/mol. The summed E-state index contributed by atoms with van der Waals surface area (Å²) in [4.78, 5) is 31.0. The van der Waals surface area contributed by atoms with Crippen molar-refractivity contribution in [1.82, 2.24) is 4.90 Å². The van der Waals surface area contributed by atoms with Crippen LogP contribution >= 0.6 is 23.4 Å². The van der Waals surface area contributed by atoms with Crippen molar-refractivity contribution < 1.29 is 14.7 Å². The van der Waals surface area contributed by atoms with E-state index in [0.29, 0.717) is 33.3 Å². The molecule has 1 aliphatic heterocycles. The highest BCUT2D eigenvalue weighted by Crippen LogP contribution is 2.79. The summed E-state index contributed by atoms with van der Waals surface area (Å²) in [6.07, 6.45) is 9.35. The van der Waals surface area contributed by atoms with E-state index in [1.54, 1.807) is 29.2 Å². The Hall–Kier alpha value is -1.53. The van der Waals surface area contributed by atoms with E-state index in [4.69, 9.17) is 11.6 Å². The third-order valence-electron chi connectivity index (χ3n) is 8.92. The largest absolute Gasteiger partial charge is 0.480 e. The smallest absolute Gasteiger partial charge is 0.317 e. The van der Waals surface area contributed by atoms with Crippen molar-refractivity contribution >= 4 is 46.1 Å². The number of carboxylic acids is 1. The highest BCUT2D eigenvalue weighted by Gasteiger charge is 2.70. The molecule has 1 amide bonds. The predicted octanol–water partition coefficient (Wildman–Crippen LogP) is 5.35. The van der Waals surface area contributed by atoms with Gasteiger partial charge >= 0.3 is 5.97 Å². The van der Waals surface area contributed by atoms with Gasteiger partial charge in [-0.15, -0.1) is 0 Å². The van der Waals surface area contributed by atoms with E-state index in [0.717, 1.165) is 24.2 Å². The molecule has 5 nitrogen and oxygen atoms in total. The number of nitrogens with zero attached hydrogens (tertiary/aromatic N) is 2. The van der Waals surface area contributed by atoms with Crippen LogP contribution in [0, 0.1) is 28.6 Å². The van der Waals surface area contributed by atoms with Crippen LogP contribution in [0.4, 0.5) is 5.69 Å². The Labute approximate surface area is 191 Å². The van der Waals surface area contributed by atoms with Crippen molar-refractivity contribution in [2.24, 2.45) is 33.6 Å². The zero-order chi connectivity index (χ0) is 21.4. The summed E-state index contributed by atoms with van der Waals surface area (Å²) >= 11 is 7.19. The van der Waals surface area contributed by atoms with Gasteiger partial charge in [0.2, 0.25) is 5.91 Å². The molecule has 1 aromatic rings. The Bertz CT molecular complexity index is 978. The van der Waals surface area contributed by atoms with Crippen molar-refractivity contribution in [2.75, 3.05) is 6.54 Å². The number of thioether (sulfide) groups is 1. The molecule has 1 heterocycles. The van der Waals surface area contributed by atoms with E-state index in [1.807, 2.05) is 0 Å². The Kier molecular flexibility index (Phi) is 4.53. The lowest BCUT2D eigenvalue weighted by molar-refractivity contribution is -0.139. The molecule has 1 N–H and O–H groups in total. The standard InChI is InChI=1S/C24H27ClN2O3S/c25-17-1-3-18(4-2-17)26-22-27(20(28)9-19(31-22)21(29)30)6-5-23-10-14-7-15-8-16(12-23)24(15,11-14)13-23/h1-4,14-16,19H,5-13H2,(H,29,30)/b26-22-. The van der Waals surface area contributed by atoms with Gasteiger partial charge in [0.25, 0.3) is 0 Å². The minimum Gasteiger partial charge on any atom is -0.480 e. The lowest BCUT2D eigenvalue weighted by atomic mass is 9.55. The van der Waals surface area contributed by atoms with Gasteiger partial charge in [0.15, 0.2) is 5.17 Å². The Morgan fingerprint density at radius 1 is 1.19 bits per heavy atom. The maximum Gasteiger partial charge on any atom is 0.317 e. The number of carbonyl (C=O) groups excluding carboxylic acids is 1. The zero-order valence-corrected chi connectivity index (χ0v) is 19.0. The van der Waals surface area contributed by atoms with E-state index in [1.165, 1.54) is 50.3 Å². The molecular formula is C24H27ClN2O3S. The second-order valence-corrected chi connectivity index (χ2v) is 12.2. The van der Waals surface area contributed by atoms with Crippen LogP contribution in [0.3, 0.4) is 0 Å². The van der Waals surface area contributed by atoms with Crippen molar-refractivity contribution in [1.29, 1.82) is 0 Å². The van der Waals surface area contributed by atoms with Crippen molar-refractivity contribution in [3.05, 3.63) is 29.3 Å². The molecule has 5 fully saturated rings. The number of carbonyl (C=O) groups is 2. The predicted molar refractivity (Wildman–Crippen MR) is 122 cm³/mol. The summed E-state index contributed by atoms with van der Waals surface area (Å²) in [5.74, 6) is 1.69. The first-order valence-electron chi connectivity index (χ1n) is 11.4. The van der Waals surface area contributed by atoms with Gasteiger partial charge in [0, 0.05) is 11.6 Å². The number of rotatable bonds is 5. The fourth-order valence-corrected chi connectivity index (χ4v) is 9.04. The molecule has 1 aromatic carbocycles. The Balaban J connectivity index is 1.24. The summed E-state index contributed by atoms with van der Waals surface area (Å²) in [6.45, 7) is 0.644. The molecule has 6 rings (SSSR count). The number of aliphatic imine (C=N–C) groups is 1. The first-order chi connectivity index (χ1) is 14.9. The number of fused-ring (bicyclic) bond motifs is 2. The van der Waals surface area contributed by atoms with Gasteiger partial charge in [0.05, 0.1) is 12.1 Å². The molecule has 7 heteroatoms. The lowest BCUT2D eigenvalue weighted by Gasteiger charge is -2.49. The maximum atomic E-state index is 13.0. The summed E-state index contributed by atoms with van der Waals surface area (Å²) in [6, 6.07) is 7.12. The fraction of sp³-hybridized carbons (Fsp3) is 0.625. The molecule has 4 saturated carbocycles. The monoisotopic (exact) mass is 458 g/mol. The number of carboxylic acid groups (broad SMARTS) is 1. The number of hydrogen-bond donors (Lipinski definition) is 1. The molecule has 164 valence electrons.